The summed E-state index contributed by atoms with van der Waals surface area (Å²) in [6.07, 6.45) is 0.768. The minimum atomic E-state index is -0.337. The molecule has 0 aromatic carbocycles. The normalized spacial score (nSPS) is 27.2. The summed E-state index contributed by atoms with van der Waals surface area (Å²) in [4.78, 5) is 10.9. The second kappa shape index (κ2) is 6.05. The van der Waals surface area contributed by atoms with Crippen molar-refractivity contribution in [3.8, 4) is 0 Å². The largest absolute Gasteiger partial charge is 0.453 e. The number of carbonyl (C=O) groups is 1. The summed E-state index contributed by atoms with van der Waals surface area (Å²) in [6, 6.07) is 0.214. The Morgan fingerprint density at radius 3 is 2.85 bits per heavy atom. The van der Waals surface area contributed by atoms with Gasteiger partial charge in [0, 0.05) is 12.6 Å². The van der Waals surface area contributed by atoms with Crippen LogP contribution in [0.2, 0.25) is 0 Å². The monoisotopic (exact) mass is 208 g/mol. The molecule has 5 heteroatoms. The van der Waals surface area contributed by atoms with Crippen LogP contribution in [0.15, 0.2) is 0 Å². The van der Waals surface area contributed by atoms with E-state index in [4.69, 9.17) is 0 Å². The highest BCUT2D eigenvalue weighted by Gasteiger charge is 2.22. The Balaban J connectivity index is 0.00000144. The van der Waals surface area contributed by atoms with E-state index >= 15 is 0 Å². The number of ether oxygens (including phenoxy) is 1. The summed E-state index contributed by atoms with van der Waals surface area (Å²) < 4.78 is 4.52. The summed E-state index contributed by atoms with van der Waals surface area (Å²) in [7, 11) is 1.39. The summed E-state index contributed by atoms with van der Waals surface area (Å²) in [5, 5.41) is 6.02. The fourth-order valence-electron chi connectivity index (χ4n) is 1.39. The van der Waals surface area contributed by atoms with E-state index in [0.717, 1.165) is 19.5 Å². The van der Waals surface area contributed by atoms with Gasteiger partial charge in [-0.3, -0.25) is 0 Å². The molecule has 1 heterocycles. The maximum atomic E-state index is 10.9. The zero-order chi connectivity index (χ0) is 8.97. The van der Waals surface area contributed by atoms with Crippen LogP contribution in [0.5, 0.6) is 0 Å². The molecule has 2 N–H and O–H groups in total. The summed E-state index contributed by atoms with van der Waals surface area (Å²) in [5.74, 6) is 0.533. The lowest BCUT2D eigenvalue weighted by molar-refractivity contribution is 0.158. The molecule has 2 atom stereocenters. The van der Waals surface area contributed by atoms with Crippen molar-refractivity contribution >= 4 is 18.5 Å². The third kappa shape index (κ3) is 3.83. The lowest BCUT2D eigenvalue weighted by Crippen LogP contribution is -2.50. The van der Waals surface area contributed by atoms with Crippen molar-refractivity contribution in [2.75, 3.05) is 20.2 Å². The van der Waals surface area contributed by atoms with Gasteiger partial charge in [0.25, 0.3) is 0 Å². The van der Waals surface area contributed by atoms with Crippen LogP contribution in [0, 0.1) is 5.92 Å². The average Bonchev–Trinajstić information content (AvgIpc) is 2.09. The highest BCUT2D eigenvalue weighted by molar-refractivity contribution is 5.85. The molecular formula is C8H17ClN2O2. The second-order valence-electron chi connectivity index (χ2n) is 3.21. The number of rotatable bonds is 1. The van der Waals surface area contributed by atoms with Crippen molar-refractivity contribution < 1.29 is 9.53 Å². The highest BCUT2D eigenvalue weighted by Crippen LogP contribution is 2.10. The minimum absolute atomic E-state index is 0. The molecule has 1 amide bonds. The van der Waals surface area contributed by atoms with Crippen molar-refractivity contribution in [2.45, 2.75) is 19.4 Å². The Bertz CT molecular complexity index is 166. The maximum Gasteiger partial charge on any atom is 0.407 e. The minimum Gasteiger partial charge on any atom is -0.453 e. The topological polar surface area (TPSA) is 50.4 Å². The van der Waals surface area contributed by atoms with E-state index in [1.165, 1.54) is 7.11 Å². The third-order valence-corrected chi connectivity index (χ3v) is 2.32. The maximum absolute atomic E-state index is 10.9. The number of hydrogen-bond donors (Lipinski definition) is 2. The van der Waals surface area contributed by atoms with E-state index < -0.39 is 0 Å². The zero-order valence-corrected chi connectivity index (χ0v) is 8.82. The number of amides is 1. The van der Waals surface area contributed by atoms with Gasteiger partial charge in [0.2, 0.25) is 0 Å². The van der Waals surface area contributed by atoms with Crippen molar-refractivity contribution in [1.82, 2.24) is 10.6 Å². The number of methoxy groups -OCH3 is 1. The Kier molecular flexibility index (Phi) is 5.82. The van der Waals surface area contributed by atoms with Crippen LogP contribution < -0.4 is 10.6 Å². The lowest BCUT2D eigenvalue weighted by Gasteiger charge is -2.29. The van der Waals surface area contributed by atoms with Gasteiger partial charge < -0.3 is 15.4 Å². The van der Waals surface area contributed by atoms with Crippen LogP contribution in [0.1, 0.15) is 13.3 Å². The molecule has 0 saturated carbocycles. The van der Waals surface area contributed by atoms with Gasteiger partial charge in [-0.05, 0) is 18.9 Å². The first kappa shape index (κ1) is 12.5. The van der Waals surface area contributed by atoms with Crippen LogP contribution in [-0.4, -0.2) is 32.3 Å². The highest BCUT2D eigenvalue weighted by atomic mass is 35.5. The molecule has 0 bridgehead atoms. The molecule has 1 fully saturated rings. The molecule has 0 aliphatic carbocycles. The van der Waals surface area contributed by atoms with Crippen molar-refractivity contribution in [2.24, 2.45) is 5.92 Å². The molecule has 1 rings (SSSR count). The molecule has 4 nitrogen and oxygen atoms in total. The van der Waals surface area contributed by atoms with Crippen molar-refractivity contribution in [1.29, 1.82) is 0 Å². The van der Waals surface area contributed by atoms with Crippen molar-refractivity contribution in [3.05, 3.63) is 0 Å². The van der Waals surface area contributed by atoms with Gasteiger partial charge in [0.15, 0.2) is 0 Å². The SMILES string of the molecule is COC(=O)N[C@H]1CNCC[C@H]1C.Cl. The molecule has 1 aliphatic heterocycles. The summed E-state index contributed by atoms with van der Waals surface area (Å²) >= 11 is 0. The molecule has 1 aliphatic rings. The number of nitrogens with one attached hydrogen (secondary N) is 2. The van der Waals surface area contributed by atoms with E-state index in [2.05, 4.69) is 22.3 Å². The number of halogens is 1. The van der Waals surface area contributed by atoms with Crippen LogP contribution in [-0.2, 0) is 4.74 Å². The second-order valence-corrected chi connectivity index (χ2v) is 3.21. The molecule has 1 saturated heterocycles. The van der Waals surface area contributed by atoms with E-state index in [-0.39, 0.29) is 24.5 Å². The standard InChI is InChI=1S/C8H16N2O2.ClH/c1-6-3-4-9-5-7(6)10-8(11)12-2;/h6-7,9H,3-5H2,1-2H3,(H,10,11);1H/t6-,7+;/m1./s1. The van der Waals surface area contributed by atoms with Crippen LogP contribution in [0.4, 0.5) is 4.79 Å². The number of carbonyl (C=O) groups excluding carboxylic acids is 1. The Morgan fingerprint density at radius 2 is 2.31 bits per heavy atom. The molecular weight excluding hydrogens is 192 g/mol. The van der Waals surface area contributed by atoms with Gasteiger partial charge in [-0.25, -0.2) is 4.79 Å². The van der Waals surface area contributed by atoms with Gasteiger partial charge in [-0.2, -0.15) is 0 Å². The lowest BCUT2D eigenvalue weighted by atomic mass is 9.95. The Morgan fingerprint density at radius 1 is 1.62 bits per heavy atom. The smallest absolute Gasteiger partial charge is 0.407 e. The number of piperidine rings is 1. The summed E-state index contributed by atoms with van der Waals surface area (Å²) in [6.45, 7) is 4.03. The molecule has 13 heavy (non-hydrogen) atoms. The third-order valence-electron chi connectivity index (χ3n) is 2.32. The van der Waals surface area contributed by atoms with Crippen LogP contribution >= 0.6 is 12.4 Å². The van der Waals surface area contributed by atoms with Gasteiger partial charge in [0.05, 0.1) is 7.11 Å². The first-order valence-corrected chi connectivity index (χ1v) is 4.29. The predicted octanol–water partition coefficient (Wildman–Crippen LogP) is 0.762. The summed E-state index contributed by atoms with van der Waals surface area (Å²) in [5.41, 5.74) is 0. The van der Waals surface area contributed by atoms with Gasteiger partial charge in [-0.15, -0.1) is 12.4 Å². The average molecular weight is 209 g/mol. The van der Waals surface area contributed by atoms with Gasteiger partial charge in [-0.1, -0.05) is 6.92 Å². The van der Waals surface area contributed by atoms with Gasteiger partial charge >= 0.3 is 6.09 Å². The van der Waals surface area contributed by atoms with Crippen LogP contribution in [0.3, 0.4) is 0 Å². The van der Waals surface area contributed by atoms with E-state index in [1.54, 1.807) is 0 Å². The molecule has 0 aromatic heterocycles. The fourth-order valence-corrected chi connectivity index (χ4v) is 1.39. The zero-order valence-electron chi connectivity index (χ0n) is 8.00. The van der Waals surface area contributed by atoms with Crippen molar-refractivity contribution in [3.63, 3.8) is 0 Å². The molecule has 0 spiro atoms. The molecule has 0 unspecified atom stereocenters. The molecule has 78 valence electrons. The van der Waals surface area contributed by atoms with E-state index in [9.17, 15) is 4.79 Å². The van der Waals surface area contributed by atoms with E-state index in [1.807, 2.05) is 0 Å². The number of alkyl carbamates (subject to hydrolysis) is 1. The molecule has 0 radical (unpaired) electrons. The Hall–Kier alpha value is -0.480. The quantitative estimate of drug-likeness (QED) is 0.669. The first-order valence-electron chi connectivity index (χ1n) is 4.29. The predicted molar refractivity (Wildman–Crippen MR) is 53.2 cm³/mol. The fraction of sp³-hybridized carbons (Fsp3) is 0.875. The van der Waals surface area contributed by atoms with E-state index in [0.29, 0.717) is 5.92 Å². The first-order chi connectivity index (χ1) is 5.74. The number of hydrogen-bond acceptors (Lipinski definition) is 3. The Labute approximate surface area is 84.8 Å². The van der Waals surface area contributed by atoms with Crippen LogP contribution in [0.25, 0.3) is 0 Å². The molecule has 0 aromatic rings. The van der Waals surface area contributed by atoms with Gasteiger partial charge in [0.1, 0.15) is 0 Å².